The number of nitrogens with zero attached hydrogens (tertiary/aromatic N) is 1. The van der Waals surface area contributed by atoms with Crippen LogP contribution >= 0.6 is 0 Å². The van der Waals surface area contributed by atoms with Gasteiger partial charge >= 0.3 is 0 Å². The first-order chi connectivity index (χ1) is 15.3. The zero-order valence-electron chi connectivity index (χ0n) is 18.3. The first-order valence-corrected chi connectivity index (χ1v) is 11.2. The Balaban J connectivity index is 1.77. The lowest BCUT2D eigenvalue weighted by Crippen LogP contribution is -2.34. The lowest BCUT2D eigenvalue weighted by atomic mass is 9.76. The van der Waals surface area contributed by atoms with E-state index in [1.54, 1.807) is 12.7 Å². The van der Waals surface area contributed by atoms with Crippen LogP contribution in [-0.2, 0) is 0 Å². The molecule has 3 aromatic carbocycles. The summed E-state index contributed by atoms with van der Waals surface area (Å²) in [5.74, 6) is 0.888. The molecule has 31 heavy (non-hydrogen) atoms. The van der Waals surface area contributed by atoms with Crippen molar-refractivity contribution in [1.82, 2.24) is 0 Å². The summed E-state index contributed by atoms with van der Waals surface area (Å²) in [6, 6.07) is 30.6. The number of fused-ring (bicyclic) bond motifs is 1. The molecule has 1 unspecified atom stereocenters. The zero-order valence-corrected chi connectivity index (χ0v) is 18.3. The Bertz CT molecular complexity index is 1110. The molecule has 0 aromatic heterocycles. The van der Waals surface area contributed by atoms with Gasteiger partial charge in [0.1, 0.15) is 5.75 Å². The van der Waals surface area contributed by atoms with Gasteiger partial charge in [-0.3, -0.25) is 0 Å². The molecule has 1 aliphatic carbocycles. The molecule has 5 rings (SSSR count). The minimum atomic E-state index is 0.147. The van der Waals surface area contributed by atoms with E-state index < -0.39 is 0 Å². The summed E-state index contributed by atoms with van der Waals surface area (Å²) in [7, 11) is 1.72. The standard InChI is InChI=1S/C29H29NO/c1-21-26-15-9-10-16-27(26)28(22-11-5-3-6-12-22)29(23-13-7-4-8-14-23)30(21)24-17-19-25(31-2)20-18-24/h3-8,11-14,17-20,29H,9-10,15-16H2,1-2H3. The van der Waals surface area contributed by atoms with E-state index in [1.807, 2.05) is 0 Å². The van der Waals surface area contributed by atoms with Crippen LogP contribution in [-0.4, -0.2) is 7.11 Å². The predicted molar refractivity (Wildman–Crippen MR) is 129 cm³/mol. The molecule has 1 heterocycles. The highest BCUT2D eigenvalue weighted by Gasteiger charge is 2.36. The SMILES string of the molecule is COc1ccc(N2C(C)=C3CCCCC3=C(c3ccccc3)C2c2ccccc2)cc1. The minimum Gasteiger partial charge on any atom is -0.497 e. The molecule has 1 saturated carbocycles. The Morgan fingerprint density at radius 3 is 2.00 bits per heavy atom. The van der Waals surface area contributed by atoms with Crippen molar-refractivity contribution in [3.63, 3.8) is 0 Å². The van der Waals surface area contributed by atoms with Crippen LogP contribution in [0.15, 0.2) is 102 Å². The van der Waals surface area contributed by atoms with Crippen LogP contribution in [0.2, 0.25) is 0 Å². The highest BCUT2D eigenvalue weighted by Crippen LogP contribution is 2.51. The van der Waals surface area contributed by atoms with E-state index in [1.165, 1.54) is 46.5 Å². The minimum absolute atomic E-state index is 0.147. The Kier molecular flexibility index (Phi) is 5.38. The van der Waals surface area contributed by atoms with Gasteiger partial charge in [0.25, 0.3) is 0 Å². The maximum Gasteiger partial charge on any atom is 0.119 e. The van der Waals surface area contributed by atoms with Gasteiger partial charge < -0.3 is 9.64 Å². The van der Waals surface area contributed by atoms with Crippen LogP contribution in [0.5, 0.6) is 5.75 Å². The summed E-state index contributed by atoms with van der Waals surface area (Å²) in [6.45, 7) is 2.31. The second kappa shape index (κ2) is 8.47. The summed E-state index contributed by atoms with van der Waals surface area (Å²) in [5.41, 5.74) is 9.81. The van der Waals surface area contributed by atoms with Crippen LogP contribution in [0.1, 0.15) is 49.8 Å². The fourth-order valence-electron chi connectivity index (χ4n) is 5.22. The largest absolute Gasteiger partial charge is 0.497 e. The van der Waals surface area contributed by atoms with Gasteiger partial charge in [0.15, 0.2) is 0 Å². The first-order valence-electron chi connectivity index (χ1n) is 11.2. The quantitative estimate of drug-likeness (QED) is 0.442. The molecular weight excluding hydrogens is 378 g/mol. The predicted octanol–water partition coefficient (Wildman–Crippen LogP) is 7.56. The normalized spacial score (nSPS) is 18.8. The molecule has 1 atom stereocenters. The third-order valence-corrected chi connectivity index (χ3v) is 6.67. The Labute approximate surface area is 185 Å². The van der Waals surface area contributed by atoms with Crippen molar-refractivity contribution < 1.29 is 4.74 Å². The number of benzene rings is 3. The maximum absolute atomic E-state index is 5.43. The number of anilines is 1. The molecule has 0 radical (unpaired) electrons. The molecule has 2 nitrogen and oxygen atoms in total. The maximum atomic E-state index is 5.43. The number of hydrogen-bond acceptors (Lipinski definition) is 2. The van der Waals surface area contributed by atoms with Gasteiger partial charge in [-0.2, -0.15) is 0 Å². The first kappa shape index (κ1) is 19.7. The zero-order chi connectivity index (χ0) is 21.2. The highest BCUT2D eigenvalue weighted by molar-refractivity contribution is 5.84. The van der Waals surface area contributed by atoms with Crippen molar-refractivity contribution in [3.05, 3.63) is 113 Å². The number of hydrogen-bond donors (Lipinski definition) is 0. The number of allylic oxidation sites excluding steroid dienone is 3. The molecule has 0 amide bonds. The second-order valence-electron chi connectivity index (χ2n) is 8.41. The number of ether oxygens (including phenoxy) is 1. The lowest BCUT2D eigenvalue weighted by molar-refractivity contribution is 0.415. The van der Waals surface area contributed by atoms with E-state index in [4.69, 9.17) is 4.74 Å². The van der Waals surface area contributed by atoms with E-state index in [0.29, 0.717) is 0 Å². The topological polar surface area (TPSA) is 12.5 Å². The molecule has 2 heteroatoms. The van der Waals surface area contributed by atoms with Crippen LogP contribution < -0.4 is 9.64 Å². The molecule has 1 aliphatic heterocycles. The summed E-state index contributed by atoms with van der Waals surface area (Å²) in [5, 5.41) is 0. The third kappa shape index (κ3) is 3.57. The molecule has 0 bridgehead atoms. The van der Waals surface area contributed by atoms with Crippen molar-refractivity contribution in [2.24, 2.45) is 0 Å². The average Bonchev–Trinajstić information content (AvgIpc) is 2.85. The second-order valence-corrected chi connectivity index (χ2v) is 8.41. The van der Waals surface area contributed by atoms with E-state index >= 15 is 0 Å². The number of methoxy groups -OCH3 is 1. The van der Waals surface area contributed by atoms with Crippen LogP contribution in [0, 0.1) is 0 Å². The van der Waals surface area contributed by atoms with Crippen LogP contribution in [0.25, 0.3) is 5.57 Å². The van der Waals surface area contributed by atoms with Gasteiger partial charge in [-0.05, 0) is 84.7 Å². The summed E-state index contributed by atoms with van der Waals surface area (Å²) >= 11 is 0. The van der Waals surface area contributed by atoms with Crippen molar-refractivity contribution in [3.8, 4) is 5.75 Å². The summed E-state index contributed by atoms with van der Waals surface area (Å²) in [6.07, 6.45) is 4.86. The number of rotatable bonds is 4. The summed E-state index contributed by atoms with van der Waals surface area (Å²) in [4.78, 5) is 2.54. The molecule has 3 aromatic rings. The monoisotopic (exact) mass is 407 g/mol. The average molecular weight is 408 g/mol. The van der Waals surface area contributed by atoms with Crippen molar-refractivity contribution in [1.29, 1.82) is 0 Å². The molecular formula is C29H29NO. The van der Waals surface area contributed by atoms with E-state index in [9.17, 15) is 0 Å². The third-order valence-electron chi connectivity index (χ3n) is 6.67. The molecule has 0 saturated heterocycles. The van der Waals surface area contributed by atoms with Crippen molar-refractivity contribution in [2.45, 2.75) is 38.6 Å². The molecule has 0 spiro atoms. The van der Waals surface area contributed by atoms with Gasteiger partial charge in [0, 0.05) is 11.4 Å². The van der Waals surface area contributed by atoms with E-state index in [0.717, 1.165) is 18.6 Å². The Hall–Kier alpha value is -3.26. The molecule has 156 valence electrons. The molecule has 0 N–H and O–H groups in total. The Morgan fingerprint density at radius 2 is 1.35 bits per heavy atom. The van der Waals surface area contributed by atoms with Gasteiger partial charge in [-0.1, -0.05) is 60.7 Å². The Morgan fingerprint density at radius 1 is 0.742 bits per heavy atom. The van der Waals surface area contributed by atoms with Crippen LogP contribution in [0.4, 0.5) is 5.69 Å². The lowest BCUT2D eigenvalue weighted by Gasteiger charge is -2.44. The van der Waals surface area contributed by atoms with Crippen molar-refractivity contribution in [2.75, 3.05) is 12.0 Å². The van der Waals surface area contributed by atoms with Gasteiger partial charge in [-0.25, -0.2) is 0 Å². The van der Waals surface area contributed by atoms with E-state index in [-0.39, 0.29) is 6.04 Å². The highest BCUT2D eigenvalue weighted by atomic mass is 16.5. The van der Waals surface area contributed by atoms with Gasteiger partial charge in [0.2, 0.25) is 0 Å². The fourth-order valence-corrected chi connectivity index (χ4v) is 5.22. The van der Waals surface area contributed by atoms with Crippen LogP contribution in [0.3, 0.4) is 0 Å². The smallest absolute Gasteiger partial charge is 0.119 e. The van der Waals surface area contributed by atoms with E-state index in [2.05, 4.69) is 96.8 Å². The fraction of sp³-hybridized carbons (Fsp3) is 0.241. The molecule has 1 fully saturated rings. The summed E-state index contributed by atoms with van der Waals surface area (Å²) < 4.78 is 5.43. The molecule has 2 aliphatic rings. The van der Waals surface area contributed by atoms with Gasteiger partial charge in [0.05, 0.1) is 13.2 Å². The van der Waals surface area contributed by atoms with Crippen molar-refractivity contribution >= 4 is 11.3 Å². The van der Waals surface area contributed by atoms with Gasteiger partial charge in [-0.15, -0.1) is 0 Å².